The van der Waals surface area contributed by atoms with Gasteiger partial charge >= 0.3 is 0 Å². The highest BCUT2D eigenvalue weighted by Crippen LogP contribution is 2.32. The van der Waals surface area contributed by atoms with Gasteiger partial charge in [0, 0.05) is 44.8 Å². The molecule has 178 valence electrons. The number of anilines is 1. The summed E-state index contributed by atoms with van der Waals surface area (Å²) in [5.74, 6) is -3.59. The molecule has 1 aliphatic rings. The minimum atomic E-state index is -1.46. The Kier molecular flexibility index (Phi) is 6.62. The monoisotopic (exact) mass is 469 g/mol. The van der Waals surface area contributed by atoms with E-state index in [-0.39, 0.29) is 30.0 Å². The molecule has 0 N–H and O–H groups in total. The maximum absolute atomic E-state index is 13.8. The van der Waals surface area contributed by atoms with Crippen molar-refractivity contribution in [2.24, 2.45) is 7.05 Å². The fourth-order valence-electron chi connectivity index (χ4n) is 4.75. The van der Waals surface area contributed by atoms with Crippen LogP contribution in [0.1, 0.15) is 32.3 Å². The van der Waals surface area contributed by atoms with E-state index in [1.165, 1.54) is 4.57 Å². The molecule has 0 aliphatic carbocycles. The van der Waals surface area contributed by atoms with E-state index in [1.807, 2.05) is 13.8 Å². The molecule has 0 saturated carbocycles. The highest BCUT2D eigenvalue weighted by Gasteiger charge is 2.34. The van der Waals surface area contributed by atoms with E-state index in [0.29, 0.717) is 35.4 Å². The summed E-state index contributed by atoms with van der Waals surface area (Å²) in [6.45, 7) is 12.9. The van der Waals surface area contributed by atoms with Crippen molar-refractivity contribution in [2.75, 3.05) is 18.0 Å². The number of hydrogen-bond donors (Lipinski definition) is 0. The largest absolute Gasteiger partial charge is 0.362 e. The van der Waals surface area contributed by atoms with Gasteiger partial charge in [0.1, 0.15) is 0 Å². The first kappa shape index (κ1) is 23.8. The minimum Gasteiger partial charge on any atom is -0.362 e. The molecule has 6 nitrogen and oxygen atoms in total. The molecule has 1 fully saturated rings. The Bertz CT molecular complexity index is 1310. The zero-order valence-electron chi connectivity index (χ0n) is 19.4. The number of fused-ring (bicyclic) bond motifs is 1. The third kappa shape index (κ3) is 4.26. The summed E-state index contributed by atoms with van der Waals surface area (Å²) in [6.07, 6.45) is 1.53. The van der Waals surface area contributed by atoms with E-state index in [9.17, 15) is 18.0 Å². The van der Waals surface area contributed by atoms with E-state index in [4.69, 9.17) is 6.57 Å². The molecule has 1 saturated heterocycles. The van der Waals surface area contributed by atoms with Crippen LogP contribution < -0.4 is 10.5 Å². The van der Waals surface area contributed by atoms with E-state index >= 15 is 0 Å². The molecule has 2 aromatic heterocycles. The zero-order valence-corrected chi connectivity index (χ0v) is 19.4. The van der Waals surface area contributed by atoms with Crippen LogP contribution in [-0.4, -0.2) is 39.6 Å². The van der Waals surface area contributed by atoms with Gasteiger partial charge in [0.2, 0.25) is 5.52 Å². The lowest BCUT2D eigenvalue weighted by Gasteiger charge is -2.47. The lowest BCUT2D eigenvalue weighted by Crippen LogP contribution is -2.58. The summed E-state index contributed by atoms with van der Waals surface area (Å²) in [4.78, 5) is 25.0. The van der Waals surface area contributed by atoms with Crippen molar-refractivity contribution in [3.63, 3.8) is 0 Å². The van der Waals surface area contributed by atoms with Crippen molar-refractivity contribution in [3.05, 3.63) is 75.1 Å². The molecule has 3 heterocycles. The van der Waals surface area contributed by atoms with Crippen LogP contribution in [0.2, 0.25) is 0 Å². The van der Waals surface area contributed by atoms with Gasteiger partial charge in [-0.1, -0.05) is 20.4 Å². The average molecular weight is 470 g/mol. The predicted octanol–water partition coefficient (Wildman–Crippen LogP) is 4.78. The Morgan fingerprint density at radius 3 is 2.35 bits per heavy atom. The third-order valence-corrected chi connectivity index (χ3v) is 6.66. The van der Waals surface area contributed by atoms with Crippen molar-refractivity contribution < 1.29 is 13.2 Å². The first-order chi connectivity index (χ1) is 16.3. The maximum atomic E-state index is 13.8. The number of benzene rings is 1. The van der Waals surface area contributed by atoms with Crippen LogP contribution in [0.3, 0.4) is 0 Å². The van der Waals surface area contributed by atoms with Gasteiger partial charge in [-0.3, -0.25) is 9.69 Å². The fourth-order valence-corrected chi connectivity index (χ4v) is 4.75. The van der Waals surface area contributed by atoms with Gasteiger partial charge in [0.05, 0.1) is 11.2 Å². The second kappa shape index (κ2) is 9.47. The maximum Gasteiger partial charge on any atom is 0.270 e. The molecular formula is C25H26F3N5O. The first-order valence-corrected chi connectivity index (χ1v) is 11.3. The molecular weight excluding hydrogens is 443 g/mol. The molecule has 3 aromatic rings. The van der Waals surface area contributed by atoms with Crippen LogP contribution in [0, 0.1) is 24.0 Å². The normalized spacial score (nSPS) is 18.9. The van der Waals surface area contributed by atoms with Crippen molar-refractivity contribution >= 4 is 22.5 Å². The number of aromatic nitrogens is 2. The Hall–Kier alpha value is -3.38. The number of nitrogens with zero attached hydrogens (tertiary/aromatic N) is 5. The highest BCUT2D eigenvalue weighted by molar-refractivity contribution is 5.89. The van der Waals surface area contributed by atoms with Crippen molar-refractivity contribution in [2.45, 2.75) is 45.3 Å². The molecule has 1 aliphatic heterocycles. The van der Waals surface area contributed by atoms with E-state index in [2.05, 4.69) is 19.6 Å². The van der Waals surface area contributed by atoms with Gasteiger partial charge in [-0.25, -0.2) is 13.2 Å². The summed E-state index contributed by atoms with van der Waals surface area (Å²) >= 11 is 0. The number of piperazine rings is 1. The SMILES string of the molecule is [C-]#[N+]c1ccc2c(n1)c(N1C[C@@H](CC)N(Cc3cc(F)c(F)c(F)c3)C[C@@H]1CC)cc(=O)n2C. The highest BCUT2D eigenvalue weighted by atomic mass is 19.2. The lowest BCUT2D eigenvalue weighted by molar-refractivity contribution is 0.136. The molecule has 1 aromatic carbocycles. The second-order valence-corrected chi connectivity index (χ2v) is 8.66. The summed E-state index contributed by atoms with van der Waals surface area (Å²) in [5, 5.41) is 0. The third-order valence-electron chi connectivity index (χ3n) is 6.66. The topological polar surface area (TPSA) is 45.7 Å². The van der Waals surface area contributed by atoms with Crippen LogP contribution in [0.15, 0.2) is 35.1 Å². The van der Waals surface area contributed by atoms with Gasteiger partial charge in [-0.05, 0) is 42.7 Å². The quantitative estimate of drug-likeness (QED) is 0.399. The van der Waals surface area contributed by atoms with Gasteiger partial charge in [0.15, 0.2) is 17.5 Å². The number of aryl methyl sites for hydroxylation is 1. The Morgan fingerprint density at radius 2 is 1.74 bits per heavy atom. The van der Waals surface area contributed by atoms with Crippen molar-refractivity contribution in [1.29, 1.82) is 0 Å². The Labute approximate surface area is 196 Å². The molecule has 4 rings (SSSR count). The standard InChI is InChI=1S/C25H26F3N5O/c1-5-16-14-33(21-11-23(34)31(4)20-7-8-22(29-3)30-25(20)21)17(6-2)13-32(16)12-15-9-18(26)24(28)19(27)10-15/h7-11,16-17H,5-6,12-14H2,1-2,4H3/t16-,17+/m1/s1. The summed E-state index contributed by atoms with van der Waals surface area (Å²) in [7, 11) is 1.68. The number of hydrogen-bond acceptors (Lipinski definition) is 4. The van der Waals surface area contributed by atoms with E-state index < -0.39 is 17.5 Å². The van der Waals surface area contributed by atoms with Crippen LogP contribution >= 0.6 is 0 Å². The predicted molar refractivity (Wildman–Crippen MR) is 125 cm³/mol. The molecule has 0 radical (unpaired) electrons. The van der Waals surface area contributed by atoms with Crippen LogP contribution in [0.5, 0.6) is 0 Å². The van der Waals surface area contributed by atoms with Gasteiger partial charge in [-0.15, -0.1) is 4.98 Å². The zero-order chi connectivity index (χ0) is 24.6. The average Bonchev–Trinajstić information content (AvgIpc) is 2.84. The molecule has 9 heteroatoms. The van der Waals surface area contributed by atoms with Gasteiger partial charge in [-0.2, -0.15) is 0 Å². The van der Waals surface area contributed by atoms with Gasteiger partial charge < -0.3 is 14.3 Å². The van der Waals surface area contributed by atoms with E-state index in [1.54, 1.807) is 25.2 Å². The Balaban J connectivity index is 1.72. The van der Waals surface area contributed by atoms with Crippen LogP contribution in [0.4, 0.5) is 24.7 Å². The Morgan fingerprint density at radius 1 is 1.06 bits per heavy atom. The molecule has 0 spiro atoms. The fraction of sp³-hybridized carbons (Fsp3) is 0.400. The van der Waals surface area contributed by atoms with Crippen LogP contribution in [-0.2, 0) is 13.6 Å². The molecule has 2 atom stereocenters. The van der Waals surface area contributed by atoms with Crippen molar-refractivity contribution in [3.8, 4) is 0 Å². The summed E-state index contributed by atoms with van der Waals surface area (Å²) in [5.41, 5.74) is 2.15. The lowest BCUT2D eigenvalue weighted by atomic mass is 10.00. The molecule has 0 unspecified atom stereocenters. The summed E-state index contributed by atoms with van der Waals surface area (Å²) < 4.78 is 42.5. The summed E-state index contributed by atoms with van der Waals surface area (Å²) in [6, 6.07) is 7.04. The van der Waals surface area contributed by atoms with Crippen molar-refractivity contribution in [1.82, 2.24) is 14.5 Å². The van der Waals surface area contributed by atoms with Crippen LogP contribution in [0.25, 0.3) is 15.9 Å². The minimum absolute atomic E-state index is 0.00615. The molecule has 0 bridgehead atoms. The van der Waals surface area contributed by atoms with E-state index in [0.717, 1.165) is 25.0 Å². The second-order valence-electron chi connectivity index (χ2n) is 8.66. The van der Waals surface area contributed by atoms with Gasteiger partial charge in [0.25, 0.3) is 11.4 Å². The first-order valence-electron chi connectivity index (χ1n) is 11.3. The molecule has 34 heavy (non-hydrogen) atoms. The number of pyridine rings is 2. The number of rotatable bonds is 5. The molecule has 0 amide bonds. The number of halogens is 3. The smallest absolute Gasteiger partial charge is 0.270 e.